The molecule has 0 aliphatic carbocycles. The van der Waals surface area contributed by atoms with Crippen LogP contribution in [0.2, 0.25) is 5.02 Å². The lowest BCUT2D eigenvalue weighted by molar-refractivity contribution is -0.119. The molecule has 2 N–H and O–H groups in total. The van der Waals surface area contributed by atoms with E-state index in [0.29, 0.717) is 22.6 Å². The highest BCUT2D eigenvalue weighted by atomic mass is 35.5. The molecule has 136 valence electrons. The van der Waals surface area contributed by atoms with Crippen molar-refractivity contribution in [1.82, 2.24) is 5.32 Å². The number of hydrogen-bond donors (Lipinski definition) is 2. The first-order valence-corrected chi connectivity index (χ1v) is 9.04. The van der Waals surface area contributed by atoms with Crippen LogP contribution >= 0.6 is 11.6 Å². The minimum Gasteiger partial charge on any atom is -0.387 e. The van der Waals surface area contributed by atoms with Crippen molar-refractivity contribution in [2.24, 2.45) is 0 Å². The van der Waals surface area contributed by atoms with Crippen molar-refractivity contribution >= 4 is 29.1 Å². The number of hydrogen-bond acceptors (Lipinski definition) is 3. The Balaban J connectivity index is 1.57. The number of halogens is 1. The van der Waals surface area contributed by atoms with Crippen molar-refractivity contribution in [2.75, 3.05) is 18.0 Å². The fourth-order valence-corrected chi connectivity index (χ4v) is 3.09. The molecule has 1 aliphatic rings. The fourth-order valence-electron chi connectivity index (χ4n) is 2.97. The maximum atomic E-state index is 12.3. The topological polar surface area (TPSA) is 69.6 Å². The van der Waals surface area contributed by atoms with Crippen LogP contribution in [0.25, 0.3) is 0 Å². The standard InChI is InChI=1S/C20H21ClN2O3/c21-16-8-4-14(5-9-16)18(24)13-22-20(26)15-6-10-17(11-7-15)23-12-2-1-3-19(23)25/h4-11,18,24H,1-3,12-13H2,(H,22,26)/t18-/m1/s1. The molecule has 0 aromatic heterocycles. The molecule has 1 saturated heterocycles. The number of nitrogens with zero attached hydrogens (tertiary/aromatic N) is 1. The van der Waals surface area contributed by atoms with Gasteiger partial charge in [0.2, 0.25) is 5.91 Å². The summed E-state index contributed by atoms with van der Waals surface area (Å²) in [5.41, 5.74) is 1.99. The van der Waals surface area contributed by atoms with Crippen molar-refractivity contribution in [3.05, 3.63) is 64.7 Å². The van der Waals surface area contributed by atoms with E-state index in [-0.39, 0.29) is 18.4 Å². The van der Waals surface area contributed by atoms with E-state index in [1.807, 2.05) is 0 Å². The molecule has 2 amide bonds. The Morgan fingerprint density at radius 1 is 1.12 bits per heavy atom. The van der Waals surface area contributed by atoms with Crippen molar-refractivity contribution in [3.8, 4) is 0 Å². The predicted molar refractivity (Wildman–Crippen MR) is 101 cm³/mol. The van der Waals surface area contributed by atoms with E-state index < -0.39 is 6.10 Å². The maximum absolute atomic E-state index is 12.3. The van der Waals surface area contributed by atoms with Crippen LogP contribution in [0.4, 0.5) is 5.69 Å². The number of piperidine rings is 1. The summed E-state index contributed by atoms with van der Waals surface area (Å²) < 4.78 is 0. The molecular formula is C20H21ClN2O3. The van der Waals surface area contributed by atoms with Crippen molar-refractivity contribution in [2.45, 2.75) is 25.4 Å². The zero-order valence-electron chi connectivity index (χ0n) is 14.3. The lowest BCUT2D eigenvalue weighted by Crippen LogP contribution is -2.35. The largest absolute Gasteiger partial charge is 0.387 e. The van der Waals surface area contributed by atoms with Crippen LogP contribution in [0, 0.1) is 0 Å². The second-order valence-electron chi connectivity index (χ2n) is 6.33. The van der Waals surface area contributed by atoms with Gasteiger partial charge < -0.3 is 15.3 Å². The zero-order chi connectivity index (χ0) is 18.5. The summed E-state index contributed by atoms with van der Waals surface area (Å²) in [6.45, 7) is 0.824. The van der Waals surface area contributed by atoms with Gasteiger partial charge in [-0.2, -0.15) is 0 Å². The van der Waals surface area contributed by atoms with Gasteiger partial charge in [-0.15, -0.1) is 0 Å². The Labute approximate surface area is 157 Å². The van der Waals surface area contributed by atoms with Gasteiger partial charge in [0, 0.05) is 35.8 Å². The Morgan fingerprint density at radius 3 is 2.46 bits per heavy atom. The zero-order valence-corrected chi connectivity index (χ0v) is 15.1. The molecule has 6 heteroatoms. The SMILES string of the molecule is O=C(NC[C@@H](O)c1ccc(Cl)cc1)c1ccc(N2CCCCC2=O)cc1. The van der Waals surface area contributed by atoms with Gasteiger partial charge in [0.15, 0.2) is 0 Å². The maximum Gasteiger partial charge on any atom is 0.251 e. The van der Waals surface area contributed by atoms with Gasteiger partial charge >= 0.3 is 0 Å². The van der Waals surface area contributed by atoms with Crippen LogP contribution < -0.4 is 10.2 Å². The average molecular weight is 373 g/mol. The van der Waals surface area contributed by atoms with E-state index in [2.05, 4.69) is 5.32 Å². The molecule has 3 rings (SSSR count). The van der Waals surface area contributed by atoms with Crippen LogP contribution in [-0.2, 0) is 4.79 Å². The summed E-state index contributed by atoms with van der Waals surface area (Å²) >= 11 is 5.83. The highest BCUT2D eigenvalue weighted by Gasteiger charge is 2.19. The minimum atomic E-state index is -0.804. The molecule has 1 heterocycles. The second-order valence-corrected chi connectivity index (χ2v) is 6.76. The van der Waals surface area contributed by atoms with E-state index in [4.69, 9.17) is 11.6 Å². The number of nitrogens with one attached hydrogen (secondary N) is 1. The van der Waals surface area contributed by atoms with E-state index in [0.717, 1.165) is 25.1 Å². The molecule has 0 bridgehead atoms. The summed E-state index contributed by atoms with van der Waals surface area (Å²) in [5, 5.41) is 13.5. The molecule has 0 unspecified atom stereocenters. The Morgan fingerprint density at radius 2 is 1.81 bits per heavy atom. The van der Waals surface area contributed by atoms with E-state index >= 15 is 0 Å². The van der Waals surface area contributed by atoms with Crippen LogP contribution in [0.1, 0.15) is 41.3 Å². The number of carbonyl (C=O) groups is 2. The molecule has 1 atom stereocenters. The lowest BCUT2D eigenvalue weighted by atomic mass is 10.1. The molecule has 26 heavy (non-hydrogen) atoms. The number of anilines is 1. The van der Waals surface area contributed by atoms with Gasteiger partial charge in [-0.3, -0.25) is 9.59 Å². The molecular weight excluding hydrogens is 352 g/mol. The first-order chi connectivity index (χ1) is 12.5. The lowest BCUT2D eigenvalue weighted by Gasteiger charge is -2.26. The van der Waals surface area contributed by atoms with Gasteiger partial charge in [0.05, 0.1) is 6.10 Å². The molecule has 0 radical (unpaired) electrons. The van der Waals surface area contributed by atoms with Crippen molar-refractivity contribution in [3.63, 3.8) is 0 Å². The normalized spacial score (nSPS) is 15.6. The summed E-state index contributed by atoms with van der Waals surface area (Å²) in [7, 11) is 0. The van der Waals surface area contributed by atoms with Crippen molar-refractivity contribution < 1.29 is 14.7 Å². The average Bonchev–Trinajstić information content (AvgIpc) is 2.67. The minimum absolute atomic E-state index is 0.104. The summed E-state index contributed by atoms with van der Waals surface area (Å²) in [5.74, 6) is -0.144. The molecule has 1 fully saturated rings. The van der Waals surface area contributed by atoms with Gasteiger partial charge in [-0.25, -0.2) is 0 Å². The molecule has 2 aromatic carbocycles. The Bertz CT molecular complexity index is 775. The molecule has 0 saturated carbocycles. The number of rotatable bonds is 5. The highest BCUT2D eigenvalue weighted by molar-refractivity contribution is 6.30. The number of carbonyl (C=O) groups excluding carboxylic acids is 2. The summed E-state index contributed by atoms with van der Waals surface area (Å²) in [6, 6.07) is 13.8. The van der Waals surface area contributed by atoms with E-state index in [1.54, 1.807) is 53.4 Å². The molecule has 1 aliphatic heterocycles. The van der Waals surface area contributed by atoms with Crippen LogP contribution in [0.15, 0.2) is 48.5 Å². The third-order valence-corrected chi connectivity index (χ3v) is 4.73. The summed E-state index contributed by atoms with van der Waals surface area (Å²) in [4.78, 5) is 26.0. The van der Waals surface area contributed by atoms with Gasteiger partial charge in [-0.05, 0) is 54.8 Å². The Hall–Kier alpha value is -2.37. The predicted octanol–water partition coefficient (Wildman–Crippen LogP) is 3.32. The third kappa shape index (κ3) is 4.42. The monoisotopic (exact) mass is 372 g/mol. The number of aliphatic hydroxyl groups excluding tert-OH is 1. The van der Waals surface area contributed by atoms with Gasteiger partial charge in [0.25, 0.3) is 5.91 Å². The molecule has 2 aromatic rings. The second kappa shape index (κ2) is 8.34. The van der Waals surface area contributed by atoms with Crippen LogP contribution in [0.3, 0.4) is 0 Å². The quantitative estimate of drug-likeness (QED) is 0.845. The van der Waals surface area contributed by atoms with E-state index in [1.165, 1.54) is 0 Å². The van der Waals surface area contributed by atoms with Gasteiger partial charge in [0.1, 0.15) is 0 Å². The smallest absolute Gasteiger partial charge is 0.251 e. The number of amides is 2. The van der Waals surface area contributed by atoms with Crippen LogP contribution in [0.5, 0.6) is 0 Å². The highest BCUT2D eigenvalue weighted by Crippen LogP contribution is 2.21. The number of aliphatic hydroxyl groups is 1. The van der Waals surface area contributed by atoms with Gasteiger partial charge in [-0.1, -0.05) is 23.7 Å². The molecule has 5 nitrogen and oxygen atoms in total. The van der Waals surface area contributed by atoms with Crippen LogP contribution in [-0.4, -0.2) is 30.0 Å². The third-order valence-electron chi connectivity index (χ3n) is 4.48. The summed E-state index contributed by atoms with van der Waals surface area (Å²) in [6.07, 6.45) is 1.70. The fraction of sp³-hybridized carbons (Fsp3) is 0.300. The first kappa shape index (κ1) is 18.4. The Kier molecular flexibility index (Phi) is 5.91. The number of benzene rings is 2. The van der Waals surface area contributed by atoms with E-state index in [9.17, 15) is 14.7 Å². The first-order valence-electron chi connectivity index (χ1n) is 8.67. The molecule has 0 spiro atoms. The van der Waals surface area contributed by atoms with Crippen molar-refractivity contribution in [1.29, 1.82) is 0 Å².